The van der Waals surface area contributed by atoms with E-state index in [-0.39, 0.29) is 0 Å². The SMILES string of the molecule is CC.CC.C[n+]1cncc2ccccc21. The number of aryl methyl sites for hydroxylation is 1. The molecule has 0 unspecified atom stereocenters. The summed E-state index contributed by atoms with van der Waals surface area (Å²) in [7, 11) is 2.00. The van der Waals surface area contributed by atoms with E-state index in [1.54, 1.807) is 0 Å². The molecule has 2 rings (SSSR count). The van der Waals surface area contributed by atoms with Gasteiger partial charge in [-0.1, -0.05) is 44.8 Å². The zero-order valence-corrected chi connectivity index (χ0v) is 10.4. The predicted octanol–water partition coefficient (Wildman–Crippen LogP) is 3.11. The van der Waals surface area contributed by atoms with E-state index in [2.05, 4.69) is 17.1 Å². The molecule has 0 aliphatic carbocycles. The van der Waals surface area contributed by atoms with Gasteiger partial charge in [0.1, 0.15) is 5.52 Å². The molecule has 2 nitrogen and oxygen atoms in total. The molecule has 0 aliphatic rings. The first kappa shape index (κ1) is 13.6. The molecule has 0 aliphatic heterocycles. The summed E-state index contributed by atoms with van der Waals surface area (Å²) in [5.74, 6) is 0. The second kappa shape index (κ2) is 7.92. The predicted molar refractivity (Wildman–Crippen MR) is 65.6 cm³/mol. The molecule has 1 aromatic heterocycles. The van der Waals surface area contributed by atoms with E-state index in [0.717, 1.165) is 0 Å². The number of fused-ring (bicyclic) bond motifs is 1. The Hall–Kier alpha value is -1.44. The molecule has 0 N–H and O–H groups in total. The van der Waals surface area contributed by atoms with Gasteiger partial charge in [-0.3, -0.25) is 0 Å². The van der Waals surface area contributed by atoms with Crippen molar-refractivity contribution in [2.24, 2.45) is 7.05 Å². The van der Waals surface area contributed by atoms with Crippen LogP contribution in [0.15, 0.2) is 36.8 Å². The van der Waals surface area contributed by atoms with Gasteiger partial charge >= 0.3 is 0 Å². The van der Waals surface area contributed by atoms with Gasteiger partial charge in [-0.2, -0.15) is 0 Å². The lowest BCUT2D eigenvalue weighted by Gasteiger charge is -1.93. The maximum absolute atomic E-state index is 4.08. The largest absolute Gasteiger partial charge is 0.286 e. The van der Waals surface area contributed by atoms with Crippen molar-refractivity contribution in [1.82, 2.24) is 4.98 Å². The van der Waals surface area contributed by atoms with Crippen molar-refractivity contribution < 1.29 is 4.57 Å². The minimum absolute atomic E-state index is 1.18. The molecule has 0 fully saturated rings. The fraction of sp³-hybridized carbons (Fsp3) is 0.385. The zero-order valence-electron chi connectivity index (χ0n) is 10.4. The normalized spacial score (nSPS) is 8.33. The number of nitrogens with zero attached hydrogens (tertiary/aromatic N) is 2. The molecule has 0 radical (unpaired) electrons. The number of aromatic nitrogens is 2. The first-order valence-corrected chi connectivity index (χ1v) is 5.56. The van der Waals surface area contributed by atoms with E-state index >= 15 is 0 Å². The van der Waals surface area contributed by atoms with E-state index in [9.17, 15) is 0 Å². The highest BCUT2D eigenvalue weighted by atomic mass is 15.0. The summed E-state index contributed by atoms with van der Waals surface area (Å²) >= 11 is 0. The molecule has 0 atom stereocenters. The van der Waals surface area contributed by atoms with Crippen LogP contribution in [0.5, 0.6) is 0 Å². The quantitative estimate of drug-likeness (QED) is 0.604. The van der Waals surface area contributed by atoms with Crippen molar-refractivity contribution in [3.05, 3.63) is 36.8 Å². The van der Waals surface area contributed by atoms with Crippen LogP contribution in [0.4, 0.5) is 0 Å². The van der Waals surface area contributed by atoms with E-state index in [0.29, 0.717) is 0 Å². The molecule has 82 valence electrons. The maximum Gasteiger partial charge on any atom is 0.286 e. The zero-order chi connectivity index (χ0) is 11.7. The van der Waals surface area contributed by atoms with Crippen molar-refractivity contribution in [1.29, 1.82) is 0 Å². The fourth-order valence-corrected chi connectivity index (χ4v) is 1.19. The number of hydrogen-bond acceptors (Lipinski definition) is 1. The van der Waals surface area contributed by atoms with Crippen molar-refractivity contribution in [2.45, 2.75) is 27.7 Å². The van der Waals surface area contributed by atoms with Gasteiger partial charge in [-0.05, 0) is 12.1 Å². The molecular weight excluding hydrogens is 184 g/mol. The topological polar surface area (TPSA) is 16.8 Å². The van der Waals surface area contributed by atoms with Gasteiger partial charge in [-0.15, -0.1) is 0 Å². The Labute approximate surface area is 92.6 Å². The highest BCUT2D eigenvalue weighted by molar-refractivity contribution is 5.73. The van der Waals surface area contributed by atoms with Crippen LogP contribution in [0.2, 0.25) is 0 Å². The second-order valence-corrected chi connectivity index (χ2v) is 2.56. The van der Waals surface area contributed by atoms with Gasteiger partial charge in [0.2, 0.25) is 0 Å². The standard InChI is InChI=1S/C9H9N2.2C2H6/c1-11-7-10-6-8-4-2-3-5-9(8)11;2*1-2/h2-7H,1H3;2*1-2H3/q+1;;. The first-order valence-electron chi connectivity index (χ1n) is 5.56. The minimum atomic E-state index is 1.18. The van der Waals surface area contributed by atoms with Crippen molar-refractivity contribution in [2.75, 3.05) is 0 Å². The van der Waals surface area contributed by atoms with Gasteiger partial charge in [0.25, 0.3) is 6.33 Å². The first-order chi connectivity index (χ1) is 7.38. The molecule has 1 aromatic carbocycles. The highest BCUT2D eigenvalue weighted by Crippen LogP contribution is 2.04. The third-order valence-electron chi connectivity index (χ3n) is 1.77. The van der Waals surface area contributed by atoms with Crippen LogP contribution in [0.25, 0.3) is 10.9 Å². The number of para-hydroxylation sites is 1. The fourth-order valence-electron chi connectivity index (χ4n) is 1.19. The summed E-state index contributed by atoms with van der Waals surface area (Å²) in [4.78, 5) is 4.08. The third-order valence-corrected chi connectivity index (χ3v) is 1.77. The average molecular weight is 205 g/mol. The third kappa shape index (κ3) is 3.66. The van der Waals surface area contributed by atoms with E-state index in [1.807, 2.05) is 64.0 Å². The van der Waals surface area contributed by atoms with Gasteiger partial charge in [0.15, 0.2) is 6.20 Å². The summed E-state index contributed by atoms with van der Waals surface area (Å²) in [6.45, 7) is 8.00. The number of benzene rings is 1. The van der Waals surface area contributed by atoms with Gasteiger partial charge in [0.05, 0.1) is 12.4 Å². The Bertz CT molecular complexity index is 378. The smallest absolute Gasteiger partial charge is 0.233 e. The van der Waals surface area contributed by atoms with Crippen LogP contribution in [0.3, 0.4) is 0 Å². The monoisotopic (exact) mass is 205 g/mol. The van der Waals surface area contributed by atoms with Crippen LogP contribution in [-0.4, -0.2) is 4.98 Å². The Morgan fingerprint density at radius 2 is 1.60 bits per heavy atom. The van der Waals surface area contributed by atoms with Crippen LogP contribution < -0.4 is 4.57 Å². The highest BCUT2D eigenvalue weighted by Gasteiger charge is 1.99. The summed E-state index contributed by atoms with van der Waals surface area (Å²) in [5, 5.41) is 1.18. The Kier molecular flexibility index (Phi) is 7.16. The molecule has 0 spiro atoms. The average Bonchev–Trinajstić information content (AvgIpc) is 2.35. The van der Waals surface area contributed by atoms with Crippen molar-refractivity contribution in [3.8, 4) is 0 Å². The molecule has 2 aromatic rings. The van der Waals surface area contributed by atoms with Crippen LogP contribution in [0, 0.1) is 0 Å². The Balaban J connectivity index is 0.000000442. The molecule has 15 heavy (non-hydrogen) atoms. The number of hydrogen-bond donors (Lipinski definition) is 0. The van der Waals surface area contributed by atoms with Crippen molar-refractivity contribution in [3.63, 3.8) is 0 Å². The van der Waals surface area contributed by atoms with Crippen LogP contribution in [0.1, 0.15) is 27.7 Å². The molecule has 0 saturated carbocycles. The lowest BCUT2D eigenvalue weighted by Crippen LogP contribution is -2.28. The van der Waals surface area contributed by atoms with Crippen molar-refractivity contribution >= 4 is 10.9 Å². The van der Waals surface area contributed by atoms with Crippen LogP contribution >= 0.6 is 0 Å². The van der Waals surface area contributed by atoms with E-state index < -0.39 is 0 Å². The summed E-state index contributed by atoms with van der Waals surface area (Å²) in [6, 6.07) is 8.19. The molecule has 2 heteroatoms. The van der Waals surface area contributed by atoms with Gasteiger partial charge in [0, 0.05) is 0 Å². The van der Waals surface area contributed by atoms with E-state index in [1.165, 1.54) is 10.9 Å². The molecule has 0 saturated heterocycles. The molecular formula is C13H21N2+. The lowest BCUT2D eigenvalue weighted by atomic mass is 10.2. The molecule has 1 heterocycles. The molecule has 0 amide bonds. The summed E-state index contributed by atoms with van der Waals surface area (Å²) < 4.78 is 2.01. The summed E-state index contributed by atoms with van der Waals surface area (Å²) in [5.41, 5.74) is 1.21. The van der Waals surface area contributed by atoms with E-state index in [4.69, 9.17) is 0 Å². The Morgan fingerprint density at radius 3 is 2.20 bits per heavy atom. The maximum atomic E-state index is 4.08. The Morgan fingerprint density at radius 1 is 1.00 bits per heavy atom. The minimum Gasteiger partial charge on any atom is -0.233 e. The number of rotatable bonds is 0. The van der Waals surface area contributed by atoms with Gasteiger partial charge in [-0.25, -0.2) is 4.57 Å². The van der Waals surface area contributed by atoms with Crippen LogP contribution in [-0.2, 0) is 7.05 Å². The second-order valence-electron chi connectivity index (χ2n) is 2.56. The lowest BCUT2D eigenvalue weighted by molar-refractivity contribution is -0.648. The molecule has 0 bridgehead atoms. The summed E-state index contributed by atoms with van der Waals surface area (Å²) in [6.07, 6.45) is 3.68. The van der Waals surface area contributed by atoms with Gasteiger partial charge < -0.3 is 0 Å².